The van der Waals surface area contributed by atoms with E-state index < -0.39 is 0 Å². The maximum atomic E-state index is 13.2. The van der Waals surface area contributed by atoms with Gasteiger partial charge in [-0.2, -0.15) is 0 Å². The van der Waals surface area contributed by atoms with Crippen LogP contribution < -0.4 is 4.90 Å². The number of halogens is 1. The SMILES string of the molecule is OCc1cc(F)cnc1N1CCC(N2CCCCC2)CC1. The molecule has 0 aromatic carbocycles. The molecule has 0 atom stereocenters. The molecule has 0 radical (unpaired) electrons. The maximum absolute atomic E-state index is 13.2. The molecular formula is C16H24FN3O. The maximum Gasteiger partial charge on any atom is 0.142 e. The summed E-state index contributed by atoms with van der Waals surface area (Å²) >= 11 is 0. The molecule has 0 aliphatic carbocycles. The van der Waals surface area contributed by atoms with Gasteiger partial charge in [0.05, 0.1) is 12.8 Å². The van der Waals surface area contributed by atoms with E-state index in [9.17, 15) is 9.50 Å². The van der Waals surface area contributed by atoms with Crippen LogP contribution in [-0.2, 0) is 6.61 Å². The summed E-state index contributed by atoms with van der Waals surface area (Å²) in [5.74, 6) is 0.363. The van der Waals surface area contributed by atoms with Gasteiger partial charge in [-0.15, -0.1) is 0 Å². The number of aliphatic hydroxyl groups excluding tert-OH is 1. The van der Waals surface area contributed by atoms with E-state index in [2.05, 4.69) is 14.8 Å². The second-order valence-electron chi connectivity index (χ2n) is 6.11. The average Bonchev–Trinajstić information content (AvgIpc) is 2.56. The minimum atomic E-state index is -0.383. The Labute approximate surface area is 125 Å². The van der Waals surface area contributed by atoms with Crippen LogP contribution in [0.15, 0.2) is 12.3 Å². The Balaban J connectivity index is 1.62. The lowest BCUT2D eigenvalue weighted by molar-refractivity contribution is 0.141. The average molecular weight is 293 g/mol. The van der Waals surface area contributed by atoms with E-state index in [4.69, 9.17) is 0 Å². The smallest absolute Gasteiger partial charge is 0.142 e. The number of aromatic nitrogens is 1. The summed E-state index contributed by atoms with van der Waals surface area (Å²) in [6, 6.07) is 2.07. The molecule has 0 unspecified atom stereocenters. The molecule has 2 aliphatic rings. The van der Waals surface area contributed by atoms with Crippen molar-refractivity contribution >= 4 is 5.82 Å². The monoisotopic (exact) mass is 293 g/mol. The van der Waals surface area contributed by atoms with Crippen molar-refractivity contribution in [3.63, 3.8) is 0 Å². The quantitative estimate of drug-likeness (QED) is 0.927. The van der Waals surface area contributed by atoms with Gasteiger partial charge in [-0.25, -0.2) is 9.37 Å². The van der Waals surface area contributed by atoms with Crippen molar-refractivity contribution in [1.82, 2.24) is 9.88 Å². The Bertz CT molecular complexity index is 469. The Hall–Kier alpha value is -1.20. The zero-order valence-corrected chi connectivity index (χ0v) is 12.5. The van der Waals surface area contributed by atoms with E-state index in [0.29, 0.717) is 11.6 Å². The molecule has 4 nitrogen and oxygen atoms in total. The molecule has 3 rings (SSSR count). The van der Waals surface area contributed by atoms with E-state index in [1.165, 1.54) is 44.6 Å². The molecule has 3 heterocycles. The normalized spacial score (nSPS) is 21.7. The number of rotatable bonds is 3. The number of nitrogens with zero attached hydrogens (tertiary/aromatic N) is 3. The van der Waals surface area contributed by atoms with Gasteiger partial charge in [-0.3, -0.25) is 0 Å². The van der Waals surface area contributed by atoms with Crippen LogP contribution in [0, 0.1) is 5.82 Å². The molecule has 1 aromatic heterocycles. The highest BCUT2D eigenvalue weighted by Crippen LogP contribution is 2.26. The highest BCUT2D eigenvalue weighted by Gasteiger charge is 2.26. The van der Waals surface area contributed by atoms with Crippen LogP contribution in [0.3, 0.4) is 0 Å². The van der Waals surface area contributed by atoms with Crippen molar-refractivity contribution < 1.29 is 9.50 Å². The summed E-state index contributed by atoms with van der Waals surface area (Å²) in [7, 11) is 0. The molecule has 5 heteroatoms. The molecule has 1 aromatic rings. The minimum absolute atomic E-state index is 0.161. The van der Waals surface area contributed by atoms with Crippen molar-refractivity contribution in [3.8, 4) is 0 Å². The van der Waals surface area contributed by atoms with Crippen LogP contribution in [0.4, 0.5) is 10.2 Å². The Kier molecular flexibility index (Phi) is 4.70. The zero-order chi connectivity index (χ0) is 14.7. The van der Waals surface area contributed by atoms with Gasteiger partial charge in [-0.1, -0.05) is 6.42 Å². The van der Waals surface area contributed by atoms with Gasteiger partial charge in [0.1, 0.15) is 11.6 Å². The molecule has 2 saturated heterocycles. The zero-order valence-electron chi connectivity index (χ0n) is 12.5. The lowest BCUT2D eigenvalue weighted by atomic mass is 9.99. The number of piperidine rings is 2. The third kappa shape index (κ3) is 3.35. The van der Waals surface area contributed by atoms with Crippen molar-refractivity contribution in [3.05, 3.63) is 23.6 Å². The van der Waals surface area contributed by atoms with Crippen molar-refractivity contribution in [2.45, 2.75) is 44.8 Å². The van der Waals surface area contributed by atoms with Gasteiger partial charge in [-0.05, 0) is 44.8 Å². The van der Waals surface area contributed by atoms with Gasteiger partial charge < -0.3 is 14.9 Å². The second kappa shape index (κ2) is 6.71. The van der Waals surface area contributed by atoms with E-state index in [0.717, 1.165) is 31.7 Å². The highest BCUT2D eigenvalue weighted by atomic mass is 19.1. The standard InChI is InChI=1S/C16H24FN3O/c17-14-10-13(12-21)16(18-11-14)20-8-4-15(5-9-20)19-6-2-1-3-7-19/h10-11,15,21H,1-9,12H2. The lowest BCUT2D eigenvalue weighted by Crippen LogP contribution is -2.47. The predicted octanol–water partition coefficient (Wildman–Crippen LogP) is 2.17. The molecule has 0 spiro atoms. The molecule has 1 N–H and O–H groups in total. The molecule has 0 saturated carbocycles. The van der Waals surface area contributed by atoms with E-state index in [1.807, 2.05) is 0 Å². The first-order chi connectivity index (χ1) is 10.3. The van der Waals surface area contributed by atoms with Gasteiger partial charge in [0.15, 0.2) is 0 Å². The number of aliphatic hydroxyl groups is 1. The summed E-state index contributed by atoms with van der Waals surface area (Å²) in [5.41, 5.74) is 0.589. The molecule has 0 bridgehead atoms. The summed E-state index contributed by atoms with van der Waals surface area (Å²) < 4.78 is 13.2. The first-order valence-electron chi connectivity index (χ1n) is 8.02. The van der Waals surface area contributed by atoms with Crippen molar-refractivity contribution in [2.75, 3.05) is 31.1 Å². The molecular weight excluding hydrogens is 269 g/mol. The van der Waals surface area contributed by atoms with Crippen LogP contribution >= 0.6 is 0 Å². The fraction of sp³-hybridized carbons (Fsp3) is 0.688. The Morgan fingerprint density at radius 3 is 2.52 bits per heavy atom. The van der Waals surface area contributed by atoms with E-state index in [-0.39, 0.29) is 12.4 Å². The lowest BCUT2D eigenvalue weighted by Gasteiger charge is -2.40. The molecule has 116 valence electrons. The minimum Gasteiger partial charge on any atom is -0.392 e. The van der Waals surface area contributed by atoms with Crippen LogP contribution in [0.2, 0.25) is 0 Å². The number of anilines is 1. The third-order valence-corrected chi connectivity index (χ3v) is 4.75. The van der Waals surface area contributed by atoms with Crippen LogP contribution in [-0.4, -0.2) is 47.2 Å². The van der Waals surface area contributed by atoms with Gasteiger partial charge in [0, 0.05) is 24.7 Å². The van der Waals surface area contributed by atoms with E-state index in [1.54, 1.807) is 0 Å². The number of hydrogen-bond acceptors (Lipinski definition) is 4. The largest absolute Gasteiger partial charge is 0.392 e. The topological polar surface area (TPSA) is 39.6 Å². The summed E-state index contributed by atoms with van der Waals surface area (Å²) in [6.45, 7) is 4.19. The molecule has 2 aliphatic heterocycles. The third-order valence-electron chi connectivity index (χ3n) is 4.75. The van der Waals surface area contributed by atoms with Crippen molar-refractivity contribution in [1.29, 1.82) is 0 Å². The number of hydrogen-bond donors (Lipinski definition) is 1. The number of likely N-dealkylation sites (tertiary alicyclic amines) is 1. The molecule has 0 amide bonds. The van der Waals surface area contributed by atoms with Gasteiger partial charge in [0.2, 0.25) is 0 Å². The number of pyridine rings is 1. The van der Waals surface area contributed by atoms with Gasteiger partial charge >= 0.3 is 0 Å². The van der Waals surface area contributed by atoms with Gasteiger partial charge in [0.25, 0.3) is 0 Å². The Morgan fingerprint density at radius 2 is 1.86 bits per heavy atom. The fourth-order valence-electron chi connectivity index (χ4n) is 3.60. The predicted molar refractivity (Wildman–Crippen MR) is 80.8 cm³/mol. The summed E-state index contributed by atoms with van der Waals surface area (Å²) in [5, 5.41) is 9.39. The molecule has 2 fully saturated rings. The van der Waals surface area contributed by atoms with Crippen LogP contribution in [0.1, 0.15) is 37.7 Å². The highest BCUT2D eigenvalue weighted by molar-refractivity contribution is 5.47. The summed E-state index contributed by atoms with van der Waals surface area (Å²) in [6.07, 6.45) is 7.52. The first kappa shape index (κ1) is 14.7. The summed E-state index contributed by atoms with van der Waals surface area (Å²) in [4.78, 5) is 9.00. The Morgan fingerprint density at radius 1 is 1.14 bits per heavy atom. The second-order valence-corrected chi connectivity index (χ2v) is 6.11. The molecule has 21 heavy (non-hydrogen) atoms. The van der Waals surface area contributed by atoms with E-state index >= 15 is 0 Å². The van der Waals surface area contributed by atoms with Crippen LogP contribution in [0.25, 0.3) is 0 Å². The fourth-order valence-corrected chi connectivity index (χ4v) is 3.60. The first-order valence-corrected chi connectivity index (χ1v) is 8.02. The van der Waals surface area contributed by atoms with Crippen LogP contribution in [0.5, 0.6) is 0 Å². The van der Waals surface area contributed by atoms with Crippen molar-refractivity contribution in [2.24, 2.45) is 0 Å².